The molecule has 1 N–H and O–H groups in total. The maximum atomic E-state index is 5.91. The van der Waals surface area contributed by atoms with Gasteiger partial charge in [0.05, 0.1) is 12.7 Å². The third-order valence-electron chi connectivity index (χ3n) is 3.82. The lowest BCUT2D eigenvalue weighted by Crippen LogP contribution is -2.51. The van der Waals surface area contributed by atoms with Crippen LogP contribution in [0.25, 0.3) is 0 Å². The summed E-state index contributed by atoms with van der Waals surface area (Å²) in [6.07, 6.45) is 1.31. The van der Waals surface area contributed by atoms with Crippen LogP contribution in [-0.2, 0) is 11.2 Å². The molecule has 1 aliphatic heterocycles. The number of hydrogen-bond acceptors (Lipinski definition) is 3. The van der Waals surface area contributed by atoms with Gasteiger partial charge in [0, 0.05) is 19.1 Å². The highest BCUT2D eigenvalue weighted by Crippen LogP contribution is 2.15. The number of ether oxygens (including phenoxy) is 1. The van der Waals surface area contributed by atoms with Gasteiger partial charge in [-0.3, -0.25) is 0 Å². The smallest absolute Gasteiger partial charge is 0.0858 e. The van der Waals surface area contributed by atoms with Gasteiger partial charge in [-0.15, -0.1) is 0 Å². The molecule has 3 heteroatoms. The van der Waals surface area contributed by atoms with E-state index in [0.717, 1.165) is 26.1 Å². The second-order valence-corrected chi connectivity index (χ2v) is 5.20. The highest BCUT2D eigenvalue weighted by atomic mass is 16.5. The minimum absolute atomic E-state index is 0.286. The van der Waals surface area contributed by atoms with Gasteiger partial charge in [-0.1, -0.05) is 24.3 Å². The van der Waals surface area contributed by atoms with Crippen LogP contribution in [-0.4, -0.2) is 50.8 Å². The Morgan fingerprint density at radius 3 is 2.89 bits per heavy atom. The molecule has 0 spiro atoms. The Bertz CT molecular complexity index is 381. The van der Waals surface area contributed by atoms with E-state index in [-0.39, 0.29) is 6.10 Å². The van der Waals surface area contributed by atoms with Crippen LogP contribution in [0.3, 0.4) is 0 Å². The van der Waals surface area contributed by atoms with E-state index in [2.05, 4.69) is 48.5 Å². The van der Waals surface area contributed by atoms with Gasteiger partial charge in [0.1, 0.15) is 0 Å². The third-order valence-corrected chi connectivity index (χ3v) is 3.82. The van der Waals surface area contributed by atoms with Gasteiger partial charge >= 0.3 is 0 Å². The maximum Gasteiger partial charge on any atom is 0.0858 e. The van der Waals surface area contributed by atoms with E-state index in [0.29, 0.717) is 6.04 Å². The highest BCUT2D eigenvalue weighted by molar-refractivity contribution is 5.26. The lowest BCUT2D eigenvalue weighted by Gasteiger charge is -2.35. The van der Waals surface area contributed by atoms with Gasteiger partial charge in [0.15, 0.2) is 0 Å². The molecule has 3 nitrogen and oxygen atoms in total. The van der Waals surface area contributed by atoms with Crippen LogP contribution in [0.4, 0.5) is 0 Å². The first kappa shape index (κ1) is 13.5. The van der Waals surface area contributed by atoms with Gasteiger partial charge < -0.3 is 15.0 Å². The van der Waals surface area contributed by atoms with Crippen LogP contribution in [0.5, 0.6) is 0 Å². The average molecular weight is 248 g/mol. The van der Waals surface area contributed by atoms with E-state index < -0.39 is 0 Å². The van der Waals surface area contributed by atoms with Gasteiger partial charge in [-0.05, 0) is 38.6 Å². The molecule has 1 aromatic carbocycles. The topological polar surface area (TPSA) is 24.5 Å². The van der Waals surface area contributed by atoms with Crippen LogP contribution < -0.4 is 5.32 Å². The van der Waals surface area contributed by atoms with Gasteiger partial charge in [0.2, 0.25) is 0 Å². The summed E-state index contributed by atoms with van der Waals surface area (Å²) in [6, 6.07) is 8.98. The molecule has 2 rings (SSSR count). The Balaban J connectivity index is 2.03. The van der Waals surface area contributed by atoms with Crippen molar-refractivity contribution in [2.45, 2.75) is 25.5 Å². The molecule has 1 aromatic rings. The number of benzene rings is 1. The van der Waals surface area contributed by atoms with Crippen LogP contribution in [0.2, 0.25) is 0 Å². The normalized spacial score (nSPS) is 22.9. The van der Waals surface area contributed by atoms with E-state index in [4.69, 9.17) is 4.74 Å². The fourth-order valence-electron chi connectivity index (χ4n) is 2.55. The van der Waals surface area contributed by atoms with Crippen molar-refractivity contribution < 1.29 is 4.74 Å². The Hall–Kier alpha value is -0.900. The minimum atomic E-state index is 0.286. The van der Waals surface area contributed by atoms with E-state index >= 15 is 0 Å². The molecule has 1 aliphatic rings. The van der Waals surface area contributed by atoms with Crippen LogP contribution in [0.15, 0.2) is 24.3 Å². The summed E-state index contributed by atoms with van der Waals surface area (Å²) in [5.74, 6) is 0. The van der Waals surface area contributed by atoms with E-state index in [9.17, 15) is 0 Å². The molecular weight excluding hydrogens is 224 g/mol. The molecule has 100 valence electrons. The highest BCUT2D eigenvalue weighted by Gasteiger charge is 2.26. The Morgan fingerprint density at radius 1 is 1.44 bits per heavy atom. The van der Waals surface area contributed by atoms with Crippen LogP contribution >= 0.6 is 0 Å². The summed E-state index contributed by atoms with van der Waals surface area (Å²) < 4.78 is 5.91. The van der Waals surface area contributed by atoms with Crippen molar-refractivity contribution in [3.8, 4) is 0 Å². The maximum absolute atomic E-state index is 5.91. The standard InChI is InChI=1S/C15H24N2O/c1-12-6-4-5-7-13(12)10-14(16-2)15-11-17(3)8-9-18-15/h4-7,14-16H,8-11H2,1-3H3. The number of morpholine rings is 1. The molecule has 1 fully saturated rings. The Kier molecular flexibility index (Phi) is 4.75. The number of hydrogen-bond donors (Lipinski definition) is 1. The van der Waals surface area contributed by atoms with Gasteiger partial charge in [0.25, 0.3) is 0 Å². The Morgan fingerprint density at radius 2 is 2.22 bits per heavy atom. The molecule has 0 aromatic heterocycles. The largest absolute Gasteiger partial charge is 0.374 e. The molecular formula is C15H24N2O. The van der Waals surface area contributed by atoms with Crippen molar-refractivity contribution in [1.29, 1.82) is 0 Å². The van der Waals surface area contributed by atoms with Crippen molar-refractivity contribution >= 4 is 0 Å². The fraction of sp³-hybridized carbons (Fsp3) is 0.600. The lowest BCUT2D eigenvalue weighted by molar-refractivity contribution is -0.0372. The zero-order valence-corrected chi connectivity index (χ0v) is 11.6. The fourth-order valence-corrected chi connectivity index (χ4v) is 2.55. The molecule has 0 bridgehead atoms. The van der Waals surface area contributed by atoms with Crippen LogP contribution in [0, 0.1) is 6.92 Å². The number of nitrogens with one attached hydrogen (secondary N) is 1. The first-order valence-electron chi connectivity index (χ1n) is 6.72. The minimum Gasteiger partial charge on any atom is -0.374 e. The predicted molar refractivity (Wildman–Crippen MR) is 75.0 cm³/mol. The van der Waals surface area contributed by atoms with E-state index in [1.54, 1.807) is 0 Å². The predicted octanol–water partition coefficient (Wildman–Crippen LogP) is 1.46. The molecule has 0 radical (unpaired) electrons. The van der Waals surface area contributed by atoms with Crippen molar-refractivity contribution in [2.24, 2.45) is 0 Å². The van der Waals surface area contributed by atoms with E-state index in [1.807, 2.05) is 7.05 Å². The molecule has 0 amide bonds. The SMILES string of the molecule is CNC(Cc1ccccc1C)C1CN(C)CCO1. The number of nitrogens with zero attached hydrogens (tertiary/aromatic N) is 1. The number of aryl methyl sites for hydroxylation is 1. The van der Waals surface area contributed by atoms with Gasteiger partial charge in [-0.25, -0.2) is 0 Å². The first-order chi connectivity index (χ1) is 8.70. The summed E-state index contributed by atoms with van der Waals surface area (Å²) in [4.78, 5) is 2.34. The monoisotopic (exact) mass is 248 g/mol. The Labute approximate surface area is 110 Å². The van der Waals surface area contributed by atoms with Crippen LogP contribution in [0.1, 0.15) is 11.1 Å². The zero-order valence-electron chi connectivity index (χ0n) is 11.6. The molecule has 2 atom stereocenters. The molecule has 18 heavy (non-hydrogen) atoms. The van der Waals surface area contributed by atoms with Gasteiger partial charge in [-0.2, -0.15) is 0 Å². The molecule has 2 unspecified atom stereocenters. The van der Waals surface area contributed by atoms with Crippen molar-refractivity contribution in [3.05, 3.63) is 35.4 Å². The summed E-state index contributed by atoms with van der Waals surface area (Å²) in [6.45, 7) is 5.07. The first-order valence-corrected chi connectivity index (χ1v) is 6.72. The quantitative estimate of drug-likeness (QED) is 0.873. The molecule has 1 heterocycles. The lowest BCUT2D eigenvalue weighted by atomic mass is 9.97. The summed E-state index contributed by atoms with van der Waals surface area (Å²) in [5.41, 5.74) is 2.77. The second-order valence-electron chi connectivity index (χ2n) is 5.20. The second kappa shape index (κ2) is 6.32. The van der Waals surface area contributed by atoms with Crippen molar-refractivity contribution in [2.75, 3.05) is 33.8 Å². The van der Waals surface area contributed by atoms with Crippen molar-refractivity contribution in [1.82, 2.24) is 10.2 Å². The average Bonchev–Trinajstić information content (AvgIpc) is 2.38. The zero-order chi connectivity index (χ0) is 13.0. The summed E-state index contributed by atoms with van der Waals surface area (Å²) >= 11 is 0. The van der Waals surface area contributed by atoms with E-state index in [1.165, 1.54) is 11.1 Å². The number of likely N-dealkylation sites (N-methyl/N-ethyl adjacent to an activating group) is 2. The molecule has 0 aliphatic carbocycles. The van der Waals surface area contributed by atoms with Crippen molar-refractivity contribution in [3.63, 3.8) is 0 Å². The number of rotatable bonds is 4. The third kappa shape index (κ3) is 3.31. The molecule has 1 saturated heterocycles. The summed E-state index contributed by atoms with van der Waals surface area (Å²) in [5, 5.41) is 3.42. The molecule has 0 saturated carbocycles. The summed E-state index contributed by atoms with van der Waals surface area (Å²) in [7, 11) is 4.19.